The highest BCUT2D eigenvalue weighted by Crippen LogP contribution is 2.19. The first kappa shape index (κ1) is 28.3. The first-order valence-corrected chi connectivity index (χ1v) is 12.1. The minimum atomic E-state index is -1.55. The summed E-state index contributed by atoms with van der Waals surface area (Å²) in [7, 11) is 0. The number of nitrogens with one attached hydrogen (secondary N) is 5. The van der Waals surface area contributed by atoms with Gasteiger partial charge in [-0.25, -0.2) is 9.78 Å². The predicted octanol–water partition coefficient (Wildman–Crippen LogP) is -0.809. The van der Waals surface area contributed by atoms with Crippen LogP contribution in [0.4, 0.5) is 0 Å². The van der Waals surface area contributed by atoms with Gasteiger partial charge >= 0.3 is 5.97 Å². The van der Waals surface area contributed by atoms with Gasteiger partial charge in [0.15, 0.2) is 0 Å². The van der Waals surface area contributed by atoms with E-state index in [-0.39, 0.29) is 18.8 Å². The van der Waals surface area contributed by atoms with E-state index >= 15 is 0 Å². The Balaban J connectivity index is 1.78. The van der Waals surface area contributed by atoms with Crippen LogP contribution in [0.25, 0.3) is 10.9 Å². The van der Waals surface area contributed by atoms with Crippen LogP contribution in [0.1, 0.15) is 25.1 Å². The number of hydrogen-bond acceptors (Lipinski definition) is 7. The molecule has 0 saturated carbocycles. The summed E-state index contributed by atoms with van der Waals surface area (Å²) >= 11 is 0. The number of para-hydroxylation sites is 1. The molecule has 0 radical (unpaired) electrons. The van der Waals surface area contributed by atoms with Gasteiger partial charge in [0, 0.05) is 41.8 Å². The third-order valence-electron chi connectivity index (χ3n) is 6.11. The fourth-order valence-electron chi connectivity index (χ4n) is 3.97. The molecular formula is C25H33N7O6. The normalized spacial score (nSPS) is 14.4. The summed E-state index contributed by atoms with van der Waals surface area (Å²) in [4.78, 5) is 60.4. The van der Waals surface area contributed by atoms with Crippen molar-refractivity contribution in [2.45, 2.75) is 50.9 Å². The Hall–Kier alpha value is -4.23. The molecule has 0 bridgehead atoms. The molecule has 4 atom stereocenters. The number of carboxylic acid groups (broad SMARTS) is 1. The van der Waals surface area contributed by atoms with E-state index in [0.29, 0.717) is 11.3 Å². The van der Waals surface area contributed by atoms with E-state index in [0.717, 1.165) is 10.9 Å². The van der Waals surface area contributed by atoms with Crippen molar-refractivity contribution in [1.82, 2.24) is 30.9 Å². The Morgan fingerprint density at radius 3 is 2.32 bits per heavy atom. The van der Waals surface area contributed by atoms with E-state index in [4.69, 9.17) is 5.73 Å². The van der Waals surface area contributed by atoms with E-state index < -0.39 is 54.5 Å². The van der Waals surface area contributed by atoms with Gasteiger partial charge in [0.25, 0.3) is 0 Å². The highest BCUT2D eigenvalue weighted by Gasteiger charge is 2.32. The number of carboxylic acids is 1. The molecule has 4 unspecified atom stereocenters. The molecule has 3 aromatic rings. The number of fused-ring (bicyclic) bond motifs is 1. The third-order valence-corrected chi connectivity index (χ3v) is 6.11. The fourth-order valence-corrected chi connectivity index (χ4v) is 3.97. The highest BCUT2D eigenvalue weighted by molar-refractivity contribution is 5.95. The average molecular weight is 528 g/mol. The van der Waals surface area contributed by atoms with Crippen molar-refractivity contribution >= 4 is 34.6 Å². The molecule has 3 amide bonds. The number of carbonyl (C=O) groups is 4. The molecule has 0 aliphatic carbocycles. The van der Waals surface area contributed by atoms with E-state index in [1.54, 1.807) is 26.2 Å². The van der Waals surface area contributed by atoms with Crippen LogP contribution in [-0.4, -0.2) is 79.6 Å². The summed E-state index contributed by atoms with van der Waals surface area (Å²) in [6.45, 7) is 2.63. The number of aliphatic carboxylic acids is 1. The van der Waals surface area contributed by atoms with Crippen molar-refractivity contribution in [3.8, 4) is 0 Å². The molecule has 0 spiro atoms. The zero-order valence-corrected chi connectivity index (χ0v) is 21.1. The summed E-state index contributed by atoms with van der Waals surface area (Å²) in [6, 6.07) is 2.66. The molecule has 0 saturated heterocycles. The Bertz CT molecular complexity index is 1260. The summed E-state index contributed by atoms with van der Waals surface area (Å²) in [5.74, 6) is -3.78. The van der Waals surface area contributed by atoms with Crippen molar-refractivity contribution in [3.05, 3.63) is 54.2 Å². The standard InChI is InChI=1S/C25H33N7O6/c1-13(2)21(32-22(34)17(26)8-15-10-27-12-29-15)24(36)30-19(23(35)31-20(11-33)25(37)38)7-14-9-28-18-6-4-3-5-16(14)18/h3-6,9-10,12-13,17,19-21,28,33H,7-8,11,26H2,1-2H3,(H,27,29)(H,30,36)(H,31,35)(H,32,34)(H,37,38). The van der Waals surface area contributed by atoms with Crippen LogP contribution >= 0.6 is 0 Å². The van der Waals surface area contributed by atoms with Gasteiger partial charge in [-0.2, -0.15) is 0 Å². The first-order valence-electron chi connectivity index (χ1n) is 12.1. The van der Waals surface area contributed by atoms with Crippen LogP contribution in [0.2, 0.25) is 0 Å². The van der Waals surface area contributed by atoms with Crippen LogP contribution in [0.3, 0.4) is 0 Å². The number of benzene rings is 1. The second-order valence-electron chi connectivity index (χ2n) is 9.32. The van der Waals surface area contributed by atoms with Gasteiger partial charge in [0.05, 0.1) is 19.0 Å². The smallest absolute Gasteiger partial charge is 0.328 e. The van der Waals surface area contributed by atoms with Gasteiger partial charge in [-0.05, 0) is 17.5 Å². The van der Waals surface area contributed by atoms with Crippen molar-refractivity contribution in [2.75, 3.05) is 6.61 Å². The Morgan fingerprint density at radius 1 is 0.974 bits per heavy atom. The van der Waals surface area contributed by atoms with E-state index in [1.807, 2.05) is 24.3 Å². The van der Waals surface area contributed by atoms with E-state index in [1.165, 1.54) is 6.33 Å². The Labute approximate surface area is 218 Å². The van der Waals surface area contributed by atoms with E-state index in [2.05, 4.69) is 30.9 Å². The predicted molar refractivity (Wildman–Crippen MR) is 138 cm³/mol. The number of imidazole rings is 1. The van der Waals surface area contributed by atoms with Crippen molar-refractivity contribution < 1.29 is 29.4 Å². The summed E-state index contributed by atoms with van der Waals surface area (Å²) in [5, 5.41) is 27.0. The minimum absolute atomic E-state index is 0.0253. The van der Waals surface area contributed by atoms with Gasteiger partial charge in [0.1, 0.15) is 18.1 Å². The van der Waals surface area contributed by atoms with Crippen LogP contribution in [0.15, 0.2) is 43.0 Å². The molecule has 9 N–H and O–H groups in total. The topological polar surface area (TPSA) is 215 Å². The molecule has 204 valence electrons. The second-order valence-corrected chi connectivity index (χ2v) is 9.32. The van der Waals surface area contributed by atoms with Crippen LogP contribution in [0, 0.1) is 5.92 Å². The maximum absolute atomic E-state index is 13.3. The molecule has 2 heterocycles. The maximum Gasteiger partial charge on any atom is 0.328 e. The van der Waals surface area contributed by atoms with Crippen molar-refractivity contribution in [2.24, 2.45) is 11.7 Å². The largest absolute Gasteiger partial charge is 0.480 e. The number of carbonyl (C=O) groups excluding carboxylic acids is 3. The van der Waals surface area contributed by atoms with Crippen LogP contribution in [0.5, 0.6) is 0 Å². The Morgan fingerprint density at radius 2 is 1.68 bits per heavy atom. The van der Waals surface area contributed by atoms with Gasteiger partial charge in [-0.1, -0.05) is 32.0 Å². The molecule has 3 rings (SSSR count). The van der Waals surface area contributed by atoms with Crippen LogP contribution < -0.4 is 21.7 Å². The Kier molecular flexibility index (Phi) is 9.57. The zero-order valence-electron chi connectivity index (χ0n) is 21.1. The quantitative estimate of drug-likeness (QED) is 0.140. The zero-order chi connectivity index (χ0) is 27.8. The maximum atomic E-state index is 13.3. The minimum Gasteiger partial charge on any atom is -0.480 e. The lowest BCUT2D eigenvalue weighted by Gasteiger charge is -2.27. The molecule has 1 aromatic carbocycles. The number of aromatic amines is 2. The van der Waals surface area contributed by atoms with Gasteiger partial charge in [0.2, 0.25) is 17.7 Å². The molecule has 0 aliphatic heterocycles. The van der Waals surface area contributed by atoms with Crippen molar-refractivity contribution in [3.63, 3.8) is 0 Å². The van der Waals surface area contributed by atoms with Gasteiger partial charge in [-0.15, -0.1) is 0 Å². The summed E-state index contributed by atoms with van der Waals surface area (Å²) < 4.78 is 0. The lowest BCUT2D eigenvalue weighted by atomic mass is 10.00. The van der Waals surface area contributed by atoms with E-state index in [9.17, 15) is 29.4 Å². The average Bonchev–Trinajstić information content (AvgIpc) is 3.54. The number of rotatable bonds is 13. The monoisotopic (exact) mass is 527 g/mol. The number of nitrogens with two attached hydrogens (primary N) is 1. The van der Waals surface area contributed by atoms with Crippen LogP contribution in [-0.2, 0) is 32.0 Å². The highest BCUT2D eigenvalue weighted by atomic mass is 16.4. The SMILES string of the molecule is CC(C)C(NC(=O)C(N)Cc1cnc[nH]1)C(=O)NC(Cc1c[nH]c2ccccc12)C(=O)NC(CO)C(=O)O. The number of aliphatic hydroxyl groups is 1. The number of nitrogens with zero attached hydrogens (tertiary/aromatic N) is 1. The fraction of sp³-hybridized carbons (Fsp3) is 0.400. The number of aromatic nitrogens is 3. The summed E-state index contributed by atoms with van der Waals surface area (Å²) in [5.41, 5.74) is 8.20. The number of hydrogen-bond donors (Lipinski definition) is 8. The number of aliphatic hydroxyl groups excluding tert-OH is 1. The molecule has 13 heteroatoms. The molecular weight excluding hydrogens is 494 g/mol. The third kappa shape index (κ3) is 7.17. The molecule has 0 aliphatic rings. The van der Waals surface area contributed by atoms with Gasteiger partial charge in [-0.3, -0.25) is 14.4 Å². The summed E-state index contributed by atoms with van der Waals surface area (Å²) in [6.07, 6.45) is 4.92. The lowest BCUT2D eigenvalue weighted by molar-refractivity contribution is -0.143. The second kappa shape index (κ2) is 12.8. The lowest BCUT2D eigenvalue weighted by Crippen LogP contribution is -2.59. The first-order chi connectivity index (χ1) is 18.1. The van der Waals surface area contributed by atoms with Gasteiger partial charge < -0.3 is 41.9 Å². The molecule has 2 aromatic heterocycles. The number of amides is 3. The van der Waals surface area contributed by atoms with Crippen molar-refractivity contribution in [1.29, 1.82) is 0 Å². The molecule has 13 nitrogen and oxygen atoms in total. The molecule has 38 heavy (non-hydrogen) atoms. The number of H-pyrrole nitrogens is 2. The molecule has 0 fully saturated rings.